The number of nitrogens with zero attached hydrogens (tertiary/aromatic N) is 1. The molecule has 2 aromatic rings. The van der Waals surface area contributed by atoms with Crippen molar-refractivity contribution in [2.24, 2.45) is 0 Å². The molecular formula is C24H28N2O5. The van der Waals surface area contributed by atoms with Gasteiger partial charge < -0.3 is 19.5 Å². The third-order valence-corrected chi connectivity index (χ3v) is 4.88. The average Bonchev–Trinajstić information content (AvgIpc) is 3.01. The van der Waals surface area contributed by atoms with Crippen LogP contribution in [0.3, 0.4) is 0 Å². The van der Waals surface area contributed by atoms with Crippen LogP contribution in [0.2, 0.25) is 0 Å². The second-order valence-electron chi connectivity index (χ2n) is 7.40. The molecule has 3 rings (SSSR count). The van der Waals surface area contributed by atoms with Crippen LogP contribution in [0, 0.1) is 0 Å². The number of nitrogens with one attached hydrogen (secondary N) is 1. The van der Waals surface area contributed by atoms with E-state index in [4.69, 9.17) is 14.2 Å². The van der Waals surface area contributed by atoms with E-state index in [0.29, 0.717) is 40.7 Å². The first-order valence-electron chi connectivity index (χ1n) is 10.3. The minimum Gasteiger partial charge on any atom is -0.494 e. The highest BCUT2D eigenvalue weighted by atomic mass is 16.5. The number of rotatable bonds is 9. The van der Waals surface area contributed by atoms with Crippen LogP contribution in [-0.4, -0.2) is 43.6 Å². The number of hydrogen-bond donors (Lipinski definition) is 1. The fraction of sp³-hybridized carbons (Fsp3) is 0.333. The predicted molar refractivity (Wildman–Crippen MR) is 119 cm³/mol. The quantitative estimate of drug-likeness (QED) is 0.611. The minimum atomic E-state index is -0.371. The fourth-order valence-corrected chi connectivity index (χ4v) is 3.42. The lowest BCUT2D eigenvalue weighted by molar-refractivity contribution is -0.138. The topological polar surface area (TPSA) is 77.1 Å². The normalized spacial score (nSPS) is 13.8. The van der Waals surface area contributed by atoms with Gasteiger partial charge in [-0.1, -0.05) is 19.1 Å². The third-order valence-electron chi connectivity index (χ3n) is 4.88. The van der Waals surface area contributed by atoms with Crippen molar-refractivity contribution in [1.29, 1.82) is 0 Å². The second-order valence-corrected chi connectivity index (χ2v) is 7.40. The number of amides is 2. The van der Waals surface area contributed by atoms with Crippen molar-refractivity contribution in [1.82, 2.24) is 4.90 Å². The maximum atomic E-state index is 13.2. The molecule has 0 fully saturated rings. The molecule has 0 bridgehead atoms. The summed E-state index contributed by atoms with van der Waals surface area (Å²) in [6.07, 6.45) is 0.891. The maximum absolute atomic E-state index is 13.2. The second kappa shape index (κ2) is 9.55. The van der Waals surface area contributed by atoms with E-state index in [0.717, 1.165) is 6.42 Å². The first-order chi connectivity index (χ1) is 14.9. The lowest BCUT2D eigenvalue weighted by Crippen LogP contribution is -2.38. The Bertz CT molecular complexity index is 1010. The van der Waals surface area contributed by atoms with Gasteiger partial charge in [0.15, 0.2) is 11.5 Å². The van der Waals surface area contributed by atoms with Gasteiger partial charge in [-0.2, -0.15) is 0 Å². The Kier molecular flexibility index (Phi) is 6.84. The Labute approximate surface area is 182 Å². The zero-order chi connectivity index (χ0) is 22.5. The highest BCUT2D eigenvalue weighted by Crippen LogP contribution is 2.36. The molecule has 0 atom stereocenters. The monoisotopic (exact) mass is 424 g/mol. The molecule has 0 saturated heterocycles. The molecule has 164 valence electrons. The maximum Gasteiger partial charge on any atom is 0.278 e. The number of methoxy groups -OCH3 is 2. The summed E-state index contributed by atoms with van der Waals surface area (Å²) in [6.45, 7) is 6.25. The van der Waals surface area contributed by atoms with Crippen molar-refractivity contribution in [2.45, 2.75) is 33.2 Å². The van der Waals surface area contributed by atoms with Gasteiger partial charge in [-0.15, -0.1) is 0 Å². The molecule has 31 heavy (non-hydrogen) atoms. The van der Waals surface area contributed by atoms with Crippen LogP contribution in [0.5, 0.6) is 17.2 Å². The van der Waals surface area contributed by atoms with Gasteiger partial charge in [0.05, 0.1) is 26.4 Å². The van der Waals surface area contributed by atoms with Crippen LogP contribution >= 0.6 is 0 Å². The molecule has 1 aliphatic rings. The smallest absolute Gasteiger partial charge is 0.278 e. The van der Waals surface area contributed by atoms with E-state index in [2.05, 4.69) is 5.32 Å². The minimum absolute atomic E-state index is 0.221. The van der Waals surface area contributed by atoms with Crippen LogP contribution in [0.15, 0.2) is 48.2 Å². The van der Waals surface area contributed by atoms with Crippen LogP contribution in [-0.2, 0) is 9.59 Å². The first-order valence-corrected chi connectivity index (χ1v) is 10.3. The number of anilines is 1. The zero-order valence-electron chi connectivity index (χ0n) is 18.5. The number of carbonyl (C=O) groups excluding carboxylic acids is 2. The van der Waals surface area contributed by atoms with E-state index in [1.807, 2.05) is 45.0 Å². The molecule has 0 radical (unpaired) electrons. The van der Waals surface area contributed by atoms with Gasteiger partial charge in [0.25, 0.3) is 11.8 Å². The van der Waals surface area contributed by atoms with Crippen LogP contribution in [0.25, 0.3) is 5.57 Å². The van der Waals surface area contributed by atoms with E-state index in [-0.39, 0.29) is 23.6 Å². The molecule has 0 spiro atoms. The molecule has 2 amide bonds. The summed E-state index contributed by atoms with van der Waals surface area (Å²) < 4.78 is 16.4. The Morgan fingerprint density at radius 2 is 1.71 bits per heavy atom. The number of ether oxygens (including phenoxy) is 3. The largest absolute Gasteiger partial charge is 0.494 e. The molecule has 7 nitrogen and oxygen atoms in total. The van der Waals surface area contributed by atoms with E-state index in [9.17, 15) is 9.59 Å². The van der Waals surface area contributed by atoms with Gasteiger partial charge >= 0.3 is 0 Å². The summed E-state index contributed by atoms with van der Waals surface area (Å²) in [5.41, 5.74) is 1.74. The van der Waals surface area contributed by atoms with Gasteiger partial charge in [0, 0.05) is 17.8 Å². The number of benzene rings is 2. The fourth-order valence-electron chi connectivity index (χ4n) is 3.42. The van der Waals surface area contributed by atoms with Gasteiger partial charge in [-0.3, -0.25) is 14.5 Å². The van der Waals surface area contributed by atoms with E-state index >= 15 is 0 Å². The van der Waals surface area contributed by atoms with E-state index in [1.165, 1.54) is 12.0 Å². The highest BCUT2D eigenvalue weighted by Gasteiger charge is 2.40. The van der Waals surface area contributed by atoms with Gasteiger partial charge in [0.2, 0.25) is 0 Å². The molecule has 0 saturated carbocycles. The highest BCUT2D eigenvalue weighted by molar-refractivity contribution is 6.36. The summed E-state index contributed by atoms with van der Waals surface area (Å²) in [6, 6.07) is 12.2. The number of hydrogen-bond acceptors (Lipinski definition) is 6. The Morgan fingerprint density at radius 1 is 0.968 bits per heavy atom. The average molecular weight is 424 g/mol. The summed E-state index contributed by atoms with van der Waals surface area (Å²) in [5.74, 6) is 0.986. The Balaban J connectivity index is 2.07. The van der Waals surface area contributed by atoms with Crippen LogP contribution < -0.4 is 19.5 Å². The molecule has 0 unspecified atom stereocenters. The molecule has 0 aromatic heterocycles. The van der Waals surface area contributed by atoms with Gasteiger partial charge in [0.1, 0.15) is 11.4 Å². The van der Waals surface area contributed by atoms with Crippen LogP contribution in [0.4, 0.5) is 5.69 Å². The van der Waals surface area contributed by atoms with Gasteiger partial charge in [-0.25, -0.2) is 0 Å². The van der Waals surface area contributed by atoms with Crippen molar-refractivity contribution in [3.8, 4) is 17.2 Å². The molecule has 1 aliphatic heterocycles. The van der Waals surface area contributed by atoms with Crippen molar-refractivity contribution >= 4 is 23.1 Å². The van der Waals surface area contributed by atoms with E-state index < -0.39 is 0 Å². The molecular weight excluding hydrogens is 396 g/mol. The Hall–Kier alpha value is -3.48. The first kappa shape index (κ1) is 22.2. The lowest BCUT2D eigenvalue weighted by atomic mass is 10.0. The predicted octanol–water partition coefficient (Wildman–Crippen LogP) is 4.09. The van der Waals surface area contributed by atoms with Crippen molar-refractivity contribution in [3.05, 3.63) is 53.7 Å². The molecule has 2 aromatic carbocycles. The molecule has 7 heteroatoms. The van der Waals surface area contributed by atoms with Crippen molar-refractivity contribution in [3.63, 3.8) is 0 Å². The summed E-state index contributed by atoms with van der Waals surface area (Å²) in [4.78, 5) is 27.7. The van der Waals surface area contributed by atoms with E-state index in [1.54, 1.807) is 25.3 Å². The molecule has 1 heterocycles. The lowest BCUT2D eigenvalue weighted by Gasteiger charge is -2.19. The SMILES string of the molecule is CCCOc1cccc(NC2=C(c3ccc(OC)c(OC)c3)C(=O)N(C(C)C)C2=O)c1. The standard InChI is InChI=1S/C24H28N2O5/c1-6-12-31-18-9-7-8-17(14-18)25-22-21(23(27)26(15(2)3)24(22)28)16-10-11-19(29-4)20(13-16)30-5/h7-11,13-15,25H,6,12H2,1-5H3. The van der Waals surface area contributed by atoms with Gasteiger partial charge in [-0.05, 0) is 50.1 Å². The molecule has 1 N–H and O–H groups in total. The molecule has 0 aliphatic carbocycles. The summed E-state index contributed by atoms with van der Waals surface area (Å²) >= 11 is 0. The summed E-state index contributed by atoms with van der Waals surface area (Å²) in [7, 11) is 3.07. The number of carbonyl (C=O) groups is 2. The number of imide groups is 1. The Morgan fingerprint density at radius 3 is 2.35 bits per heavy atom. The van der Waals surface area contributed by atoms with Crippen molar-refractivity contribution in [2.75, 3.05) is 26.1 Å². The van der Waals surface area contributed by atoms with Crippen LogP contribution in [0.1, 0.15) is 32.8 Å². The third kappa shape index (κ3) is 4.50. The van der Waals surface area contributed by atoms with Crippen molar-refractivity contribution < 1.29 is 23.8 Å². The zero-order valence-corrected chi connectivity index (χ0v) is 18.5. The summed E-state index contributed by atoms with van der Waals surface area (Å²) in [5, 5.41) is 3.15.